The molecule has 1 rings (SSSR count). The molecule has 0 radical (unpaired) electrons. The number of nitrogens with zero attached hydrogens (tertiary/aromatic N) is 4. The van der Waals surface area contributed by atoms with Crippen molar-refractivity contribution in [3.63, 3.8) is 0 Å². The highest BCUT2D eigenvalue weighted by molar-refractivity contribution is 5.73. The lowest BCUT2D eigenvalue weighted by Gasteiger charge is -2.19. The molecule has 16 heavy (non-hydrogen) atoms. The SMILES string of the molecule is CN(C)c1cc(C#N)c(N(C)C)c(C#N)c1. The van der Waals surface area contributed by atoms with E-state index < -0.39 is 0 Å². The number of hydrogen-bond donors (Lipinski definition) is 0. The van der Waals surface area contributed by atoms with Crippen molar-refractivity contribution in [1.29, 1.82) is 10.5 Å². The van der Waals surface area contributed by atoms with Gasteiger partial charge in [-0.3, -0.25) is 0 Å². The first-order valence-electron chi connectivity index (χ1n) is 4.84. The zero-order valence-electron chi connectivity index (χ0n) is 9.94. The molecular weight excluding hydrogens is 200 g/mol. The normalized spacial score (nSPS) is 9.12. The van der Waals surface area contributed by atoms with E-state index in [1.807, 2.05) is 33.1 Å². The highest BCUT2D eigenvalue weighted by Crippen LogP contribution is 2.28. The van der Waals surface area contributed by atoms with Crippen LogP contribution < -0.4 is 9.80 Å². The molecule has 0 aliphatic carbocycles. The van der Waals surface area contributed by atoms with E-state index in [9.17, 15) is 0 Å². The van der Waals surface area contributed by atoms with E-state index in [0.717, 1.165) is 5.69 Å². The van der Waals surface area contributed by atoms with Gasteiger partial charge in [-0.25, -0.2) is 0 Å². The summed E-state index contributed by atoms with van der Waals surface area (Å²) in [5.74, 6) is 0. The molecule has 0 N–H and O–H groups in total. The molecule has 0 spiro atoms. The van der Waals surface area contributed by atoms with Gasteiger partial charge in [0.15, 0.2) is 0 Å². The largest absolute Gasteiger partial charge is 0.378 e. The molecule has 4 nitrogen and oxygen atoms in total. The summed E-state index contributed by atoms with van der Waals surface area (Å²) in [6.45, 7) is 0. The summed E-state index contributed by atoms with van der Waals surface area (Å²) >= 11 is 0. The molecule has 0 bridgehead atoms. The average molecular weight is 214 g/mol. The topological polar surface area (TPSA) is 54.1 Å². The van der Waals surface area contributed by atoms with Crippen LogP contribution in [0, 0.1) is 22.7 Å². The number of benzene rings is 1. The van der Waals surface area contributed by atoms with Crippen molar-refractivity contribution in [2.24, 2.45) is 0 Å². The van der Waals surface area contributed by atoms with Crippen LogP contribution in [-0.4, -0.2) is 28.2 Å². The molecule has 1 aromatic carbocycles. The first kappa shape index (κ1) is 11.9. The molecule has 0 heterocycles. The van der Waals surface area contributed by atoms with Crippen LogP contribution in [0.25, 0.3) is 0 Å². The highest BCUT2D eigenvalue weighted by atomic mass is 15.1. The van der Waals surface area contributed by atoms with Gasteiger partial charge in [0.1, 0.15) is 12.1 Å². The van der Waals surface area contributed by atoms with Crippen molar-refractivity contribution in [1.82, 2.24) is 0 Å². The lowest BCUT2D eigenvalue weighted by Crippen LogP contribution is -2.15. The van der Waals surface area contributed by atoms with Gasteiger partial charge < -0.3 is 9.80 Å². The Labute approximate surface area is 95.9 Å². The van der Waals surface area contributed by atoms with Gasteiger partial charge in [-0.2, -0.15) is 10.5 Å². The Bertz CT molecular complexity index is 440. The number of rotatable bonds is 2. The molecule has 0 fully saturated rings. The van der Waals surface area contributed by atoms with Gasteiger partial charge in [-0.05, 0) is 12.1 Å². The summed E-state index contributed by atoms with van der Waals surface area (Å²) in [5, 5.41) is 18.2. The van der Waals surface area contributed by atoms with Crippen molar-refractivity contribution in [2.75, 3.05) is 38.0 Å². The van der Waals surface area contributed by atoms with Crippen LogP contribution >= 0.6 is 0 Å². The van der Waals surface area contributed by atoms with Gasteiger partial charge in [0.05, 0.1) is 16.8 Å². The number of anilines is 2. The van der Waals surface area contributed by atoms with E-state index in [1.165, 1.54) is 0 Å². The van der Waals surface area contributed by atoms with Gasteiger partial charge in [-0.1, -0.05) is 0 Å². The third-order valence-corrected chi connectivity index (χ3v) is 2.30. The van der Waals surface area contributed by atoms with Crippen molar-refractivity contribution < 1.29 is 0 Å². The minimum absolute atomic E-state index is 0.521. The van der Waals surface area contributed by atoms with E-state index >= 15 is 0 Å². The van der Waals surface area contributed by atoms with Crippen LogP contribution in [0.3, 0.4) is 0 Å². The molecule has 0 saturated carbocycles. The van der Waals surface area contributed by atoms with E-state index in [0.29, 0.717) is 16.8 Å². The Balaban J connectivity index is 3.53. The van der Waals surface area contributed by atoms with Gasteiger partial charge in [0, 0.05) is 33.9 Å². The Morgan fingerprint density at radius 1 is 0.875 bits per heavy atom. The predicted molar refractivity (Wildman–Crippen MR) is 64.5 cm³/mol. The molecule has 82 valence electrons. The lowest BCUT2D eigenvalue weighted by atomic mass is 10.1. The standard InChI is InChI=1S/C12H14N4/c1-15(2)11-5-9(7-13)12(16(3)4)10(6-11)8-14/h5-6H,1-4H3. The van der Waals surface area contributed by atoms with E-state index in [2.05, 4.69) is 12.1 Å². The summed E-state index contributed by atoms with van der Waals surface area (Å²) in [4.78, 5) is 3.66. The molecule has 0 aliphatic rings. The predicted octanol–water partition coefficient (Wildman–Crippen LogP) is 1.56. The summed E-state index contributed by atoms with van der Waals surface area (Å²) in [5.41, 5.74) is 2.58. The number of hydrogen-bond acceptors (Lipinski definition) is 4. The molecule has 0 unspecified atom stereocenters. The third-order valence-electron chi connectivity index (χ3n) is 2.30. The monoisotopic (exact) mass is 214 g/mol. The molecular formula is C12H14N4. The third kappa shape index (κ3) is 2.07. The van der Waals surface area contributed by atoms with Crippen LogP contribution in [0.15, 0.2) is 12.1 Å². The van der Waals surface area contributed by atoms with Crippen molar-refractivity contribution in [2.45, 2.75) is 0 Å². The van der Waals surface area contributed by atoms with E-state index in [-0.39, 0.29) is 0 Å². The van der Waals surface area contributed by atoms with Crippen LogP contribution in [-0.2, 0) is 0 Å². The smallest absolute Gasteiger partial charge is 0.101 e. The second-order valence-electron chi connectivity index (χ2n) is 3.90. The van der Waals surface area contributed by atoms with Crippen molar-refractivity contribution in [3.05, 3.63) is 23.3 Å². The van der Waals surface area contributed by atoms with Crippen LogP contribution in [0.5, 0.6) is 0 Å². The fourth-order valence-electron chi connectivity index (χ4n) is 1.53. The maximum atomic E-state index is 9.09. The summed E-state index contributed by atoms with van der Waals surface area (Å²) in [6.07, 6.45) is 0. The first-order chi connectivity index (χ1) is 7.51. The zero-order chi connectivity index (χ0) is 12.3. The highest BCUT2D eigenvalue weighted by Gasteiger charge is 2.13. The fourth-order valence-corrected chi connectivity index (χ4v) is 1.53. The minimum Gasteiger partial charge on any atom is -0.378 e. The number of nitriles is 2. The lowest BCUT2D eigenvalue weighted by molar-refractivity contribution is 1.10. The van der Waals surface area contributed by atoms with Gasteiger partial charge in [0.25, 0.3) is 0 Å². The van der Waals surface area contributed by atoms with Crippen LogP contribution in [0.2, 0.25) is 0 Å². The first-order valence-corrected chi connectivity index (χ1v) is 4.84. The summed E-state index contributed by atoms with van der Waals surface area (Å²) in [6, 6.07) is 7.83. The maximum absolute atomic E-state index is 9.09. The second-order valence-corrected chi connectivity index (χ2v) is 3.90. The summed E-state index contributed by atoms with van der Waals surface area (Å²) < 4.78 is 0. The van der Waals surface area contributed by atoms with Crippen LogP contribution in [0.4, 0.5) is 11.4 Å². The molecule has 0 aliphatic heterocycles. The zero-order valence-corrected chi connectivity index (χ0v) is 9.94. The van der Waals surface area contributed by atoms with Crippen LogP contribution in [0.1, 0.15) is 11.1 Å². The molecule has 0 saturated heterocycles. The van der Waals surface area contributed by atoms with Crippen molar-refractivity contribution in [3.8, 4) is 12.1 Å². The average Bonchev–Trinajstić information content (AvgIpc) is 2.26. The van der Waals surface area contributed by atoms with E-state index in [1.54, 1.807) is 17.0 Å². The van der Waals surface area contributed by atoms with Crippen molar-refractivity contribution >= 4 is 11.4 Å². The van der Waals surface area contributed by atoms with E-state index in [4.69, 9.17) is 10.5 Å². The quantitative estimate of drug-likeness (QED) is 0.749. The second kappa shape index (κ2) is 4.55. The molecule has 0 amide bonds. The molecule has 0 aromatic heterocycles. The molecule has 0 atom stereocenters. The van der Waals surface area contributed by atoms with Gasteiger partial charge in [0.2, 0.25) is 0 Å². The molecule has 4 heteroatoms. The minimum atomic E-state index is 0.521. The van der Waals surface area contributed by atoms with Gasteiger partial charge in [-0.15, -0.1) is 0 Å². The Morgan fingerprint density at radius 2 is 1.31 bits per heavy atom. The summed E-state index contributed by atoms with van der Waals surface area (Å²) in [7, 11) is 7.42. The fraction of sp³-hybridized carbons (Fsp3) is 0.333. The Hall–Kier alpha value is -2.20. The Morgan fingerprint density at radius 3 is 1.56 bits per heavy atom. The maximum Gasteiger partial charge on any atom is 0.101 e. The Kier molecular flexibility index (Phi) is 3.37. The molecule has 1 aromatic rings. The van der Waals surface area contributed by atoms with Gasteiger partial charge >= 0.3 is 0 Å².